The van der Waals surface area contributed by atoms with E-state index in [1.54, 1.807) is 13.8 Å². The van der Waals surface area contributed by atoms with E-state index in [9.17, 15) is 8.78 Å². The number of aryl methyl sites for hydroxylation is 1. The van der Waals surface area contributed by atoms with Crippen LogP contribution in [0.1, 0.15) is 25.0 Å². The molecule has 0 aliphatic rings. The normalized spacial score (nSPS) is 11.9. The minimum Gasteiger partial charge on any atom is -0.294 e. The van der Waals surface area contributed by atoms with Crippen LogP contribution in [-0.4, -0.2) is 0 Å². The van der Waals surface area contributed by atoms with Gasteiger partial charge in [-0.05, 0) is 38.5 Å². The summed E-state index contributed by atoms with van der Waals surface area (Å²) in [5.74, 6) is 4.03. The molecule has 0 unspecified atom stereocenters. The Bertz CT molecular complexity index is 350. The lowest BCUT2D eigenvalue weighted by atomic mass is 9.96. The average Bonchev–Trinajstić information content (AvgIpc) is 2.11. The molecule has 0 aliphatic heterocycles. The molecule has 2 nitrogen and oxygen atoms in total. The molecule has 0 heterocycles. The van der Waals surface area contributed by atoms with Gasteiger partial charge in [0.2, 0.25) is 0 Å². The largest absolute Gasteiger partial charge is 0.294 e. The van der Waals surface area contributed by atoms with Gasteiger partial charge < -0.3 is 0 Å². The van der Waals surface area contributed by atoms with E-state index in [2.05, 4.69) is 4.84 Å². The van der Waals surface area contributed by atoms with E-state index in [0.717, 1.165) is 12.1 Å². The second-order valence-electron chi connectivity index (χ2n) is 3.71. The summed E-state index contributed by atoms with van der Waals surface area (Å²) >= 11 is 0. The van der Waals surface area contributed by atoms with E-state index in [4.69, 9.17) is 5.90 Å². The molecule has 1 aromatic rings. The van der Waals surface area contributed by atoms with Crippen LogP contribution < -0.4 is 5.90 Å². The van der Waals surface area contributed by atoms with Gasteiger partial charge in [-0.15, -0.1) is 0 Å². The Morgan fingerprint density at radius 1 is 1.21 bits per heavy atom. The molecule has 1 rings (SSSR count). The number of rotatable bonds is 2. The van der Waals surface area contributed by atoms with Crippen LogP contribution >= 0.6 is 0 Å². The number of halogens is 2. The summed E-state index contributed by atoms with van der Waals surface area (Å²) in [5.41, 5.74) is -0.652. The standard InChI is InChI=1S/C10H13F2NO/c1-6-4-9(12)7(5-8(6)11)10(2,3)14-13/h4-5H,13H2,1-3H3. The van der Waals surface area contributed by atoms with Crippen LogP contribution in [-0.2, 0) is 10.4 Å². The lowest BCUT2D eigenvalue weighted by molar-refractivity contribution is -0.0262. The first kappa shape index (κ1) is 11.1. The monoisotopic (exact) mass is 201 g/mol. The van der Waals surface area contributed by atoms with Crippen molar-refractivity contribution in [3.63, 3.8) is 0 Å². The zero-order chi connectivity index (χ0) is 10.9. The molecule has 0 spiro atoms. The van der Waals surface area contributed by atoms with Gasteiger partial charge in [-0.25, -0.2) is 14.7 Å². The molecule has 4 heteroatoms. The second kappa shape index (κ2) is 3.63. The van der Waals surface area contributed by atoms with E-state index in [1.807, 2.05) is 0 Å². The molecule has 0 amide bonds. The van der Waals surface area contributed by atoms with E-state index >= 15 is 0 Å². The fourth-order valence-electron chi connectivity index (χ4n) is 1.17. The van der Waals surface area contributed by atoms with Crippen LogP contribution in [0.4, 0.5) is 8.78 Å². The molecule has 0 radical (unpaired) electrons. The topological polar surface area (TPSA) is 35.2 Å². The molecule has 0 saturated heterocycles. The maximum atomic E-state index is 13.4. The third-order valence-corrected chi connectivity index (χ3v) is 2.19. The van der Waals surface area contributed by atoms with Gasteiger partial charge in [-0.2, -0.15) is 0 Å². The molecular weight excluding hydrogens is 188 g/mol. The predicted octanol–water partition coefficient (Wildman–Crippen LogP) is 2.40. The Hall–Kier alpha value is -1.00. The summed E-state index contributed by atoms with van der Waals surface area (Å²) < 4.78 is 26.6. The fourth-order valence-corrected chi connectivity index (χ4v) is 1.17. The van der Waals surface area contributed by atoms with E-state index < -0.39 is 17.2 Å². The Morgan fingerprint density at radius 2 is 1.79 bits per heavy atom. The molecule has 14 heavy (non-hydrogen) atoms. The number of hydrogen-bond donors (Lipinski definition) is 1. The minimum absolute atomic E-state index is 0.114. The Morgan fingerprint density at radius 3 is 2.29 bits per heavy atom. The first-order chi connectivity index (χ1) is 6.38. The SMILES string of the molecule is Cc1cc(F)c(C(C)(C)ON)cc1F. The van der Waals surface area contributed by atoms with Crippen molar-refractivity contribution in [3.8, 4) is 0 Å². The molecule has 0 atom stereocenters. The maximum absolute atomic E-state index is 13.4. The number of nitrogens with two attached hydrogens (primary N) is 1. The van der Waals surface area contributed by atoms with Crippen LogP contribution in [0.15, 0.2) is 12.1 Å². The summed E-state index contributed by atoms with van der Waals surface area (Å²) in [7, 11) is 0. The summed E-state index contributed by atoms with van der Waals surface area (Å²) in [6.07, 6.45) is 0. The van der Waals surface area contributed by atoms with Crippen LogP contribution in [0.3, 0.4) is 0 Å². The van der Waals surface area contributed by atoms with Gasteiger partial charge >= 0.3 is 0 Å². The van der Waals surface area contributed by atoms with Crippen molar-refractivity contribution in [2.24, 2.45) is 5.90 Å². The zero-order valence-corrected chi connectivity index (χ0v) is 8.40. The first-order valence-corrected chi connectivity index (χ1v) is 4.22. The fraction of sp³-hybridized carbons (Fsp3) is 0.400. The van der Waals surface area contributed by atoms with Gasteiger partial charge in [0.15, 0.2) is 0 Å². The van der Waals surface area contributed by atoms with Gasteiger partial charge in [-0.3, -0.25) is 4.84 Å². The molecule has 0 bridgehead atoms. The molecular formula is C10H13F2NO. The smallest absolute Gasteiger partial charge is 0.129 e. The highest BCUT2D eigenvalue weighted by Crippen LogP contribution is 2.27. The predicted molar refractivity (Wildman–Crippen MR) is 49.4 cm³/mol. The van der Waals surface area contributed by atoms with E-state index in [0.29, 0.717) is 0 Å². The molecule has 0 aromatic heterocycles. The Balaban J connectivity index is 3.29. The van der Waals surface area contributed by atoms with Gasteiger partial charge in [0.25, 0.3) is 0 Å². The van der Waals surface area contributed by atoms with E-state index in [-0.39, 0.29) is 11.1 Å². The van der Waals surface area contributed by atoms with Crippen molar-refractivity contribution in [3.05, 3.63) is 34.9 Å². The van der Waals surface area contributed by atoms with Crippen molar-refractivity contribution in [2.45, 2.75) is 26.4 Å². The van der Waals surface area contributed by atoms with E-state index in [1.165, 1.54) is 6.92 Å². The second-order valence-corrected chi connectivity index (χ2v) is 3.71. The Labute approximate surface area is 81.6 Å². The maximum Gasteiger partial charge on any atom is 0.129 e. The van der Waals surface area contributed by atoms with Crippen LogP contribution in [0.25, 0.3) is 0 Å². The molecule has 0 aliphatic carbocycles. The summed E-state index contributed by atoms with van der Waals surface area (Å²) in [6.45, 7) is 4.64. The summed E-state index contributed by atoms with van der Waals surface area (Å²) in [4.78, 5) is 4.59. The van der Waals surface area contributed by atoms with Gasteiger partial charge in [-0.1, -0.05) is 0 Å². The number of benzene rings is 1. The molecule has 2 N–H and O–H groups in total. The molecule has 0 fully saturated rings. The number of hydrogen-bond acceptors (Lipinski definition) is 2. The van der Waals surface area contributed by atoms with Crippen LogP contribution in [0.5, 0.6) is 0 Å². The third kappa shape index (κ3) is 1.91. The van der Waals surface area contributed by atoms with Crippen molar-refractivity contribution in [1.29, 1.82) is 0 Å². The highest BCUT2D eigenvalue weighted by molar-refractivity contribution is 5.29. The van der Waals surface area contributed by atoms with Crippen molar-refractivity contribution in [2.75, 3.05) is 0 Å². The average molecular weight is 201 g/mol. The van der Waals surface area contributed by atoms with Crippen molar-refractivity contribution in [1.82, 2.24) is 0 Å². The molecule has 1 aromatic carbocycles. The lowest BCUT2D eigenvalue weighted by Gasteiger charge is -2.23. The van der Waals surface area contributed by atoms with Crippen molar-refractivity contribution < 1.29 is 13.6 Å². The van der Waals surface area contributed by atoms with Gasteiger partial charge in [0, 0.05) is 5.56 Å². The van der Waals surface area contributed by atoms with Crippen LogP contribution in [0.2, 0.25) is 0 Å². The minimum atomic E-state index is -1.03. The quantitative estimate of drug-likeness (QED) is 0.746. The Kier molecular flexibility index (Phi) is 2.87. The zero-order valence-electron chi connectivity index (χ0n) is 8.40. The highest BCUT2D eigenvalue weighted by atomic mass is 19.1. The summed E-state index contributed by atoms with van der Waals surface area (Å²) in [5, 5.41) is 0. The molecule has 78 valence electrons. The third-order valence-electron chi connectivity index (χ3n) is 2.19. The van der Waals surface area contributed by atoms with Crippen LogP contribution in [0, 0.1) is 18.6 Å². The highest BCUT2D eigenvalue weighted by Gasteiger charge is 2.25. The van der Waals surface area contributed by atoms with Gasteiger partial charge in [0.05, 0.1) is 0 Å². The molecule has 0 saturated carbocycles. The lowest BCUT2D eigenvalue weighted by Crippen LogP contribution is -2.26. The first-order valence-electron chi connectivity index (χ1n) is 4.22. The van der Waals surface area contributed by atoms with Crippen molar-refractivity contribution >= 4 is 0 Å². The summed E-state index contributed by atoms with van der Waals surface area (Å²) in [6, 6.07) is 2.24. The van der Waals surface area contributed by atoms with Gasteiger partial charge in [0.1, 0.15) is 17.2 Å².